The van der Waals surface area contributed by atoms with Gasteiger partial charge in [-0.3, -0.25) is 9.36 Å². The third-order valence-corrected chi connectivity index (χ3v) is 7.11. The maximum Gasteiger partial charge on any atom is 0.356 e. The van der Waals surface area contributed by atoms with Gasteiger partial charge in [-0.2, -0.15) is 0 Å². The van der Waals surface area contributed by atoms with Gasteiger partial charge in [-0.1, -0.05) is 17.7 Å². The minimum atomic E-state index is -1.18. The molecule has 0 amide bonds. The van der Waals surface area contributed by atoms with Crippen LogP contribution in [0.1, 0.15) is 34.6 Å². The summed E-state index contributed by atoms with van der Waals surface area (Å²) in [6.07, 6.45) is 0.299. The van der Waals surface area contributed by atoms with Gasteiger partial charge in [-0.15, -0.1) is 0 Å². The fourth-order valence-corrected chi connectivity index (χ4v) is 5.31. The highest BCUT2D eigenvalue weighted by molar-refractivity contribution is 6.29. The highest BCUT2D eigenvalue weighted by Crippen LogP contribution is 2.48. The van der Waals surface area contributed by atoms with Gasteiger partial charge in [0, 0.05) is 44.6 Å². The van der Waals surface area contributed by atoms with Crippen molar-refractivity contribution in [2.24, 2.45) is 18.9 Å². The number of benzene rings is 1. The van der Waals surface area contributed by atoms with Crippen LogP contribution in [0.2, 0.25) is 5.15 Å². The molecule has 10 heteroatoms. The number of hydrogen-bond acceptors (Lipinski definition) is 7. The van der Waals surface area contributed by atoms with Crippen LogP contribution in [-0.2, 0) is 11.8 Å². The van der Waals surface area contributed by atoms with Gasteiger partial charge in [0.25, 0.3) is 5.56 Å². The van der Waals surface area contributed by atoms with E-state index in [1.165, 1.54) is 6.07 Å². The van der Waals surface area contributed by atoms with Crippen LogP contribution in [0.3, 0.4) is 0 Å². The highest BCUT2D eigenvalue weighted by atomic mass is 35.5. The average Bonchev–Trinajstić information content (AvgIpc) is 3.27. The van der Waals surface area contributed by atoms with Gasteiger partial charge < -0.3 is 20.1 Å². The second-order valence-electron chi connectivity index (χ2n) is 9.16. The topological polar surface area (TPSA) is 110 Å². The average molecular weight is 484 g/mol. The molecule has 0 spiro atoms. The van der Waals surface area contributed by atoms with Gasteiger partial charge in [0.05, 0.1) is 28.7 Å². The van der Waals surface area contributed by atoms with E-state index in [0.29, 0.717) is 40.5 Å². The number of aromatic nitrogens is 3. The standard InChI is InChI=1S/C24H26ClN5O4/c1-11-7-13(12(2)26-17-5-6-18(25)27-20(17)23(32)33)19-14(8-11)22(31)29(3)24(28-19)30-9-15-16(10-30)21(15)34-4/h5-8,12,15-16,21,26H,9-10H2,1-4H3,(H,32,33)/t12?,15-,16+,21?. The van der Waals surface area contributed by atoms with E-state index in [1.807, 2.05) is 26.0 Å². The van der Waals surface area contributed by atoms with Gasteiger partial charge >= 0.3 is 5.97 Å². The molecule has 178 valence electrons. The Morgan fingerprint density at radius 3 is 2.62 bits per heavy atom. The van der Waals surface area contributed by atoms with E-state index in [0.717, 1.165) is 24.2 Å². The zero-order valence-electron chi connectivity index (χ0n) is 19.4. The first-order valence-electron chi connectivity index (χ1n) is 11.1. The Balaban J connectivity index is 1.56. The van der Waals surface area contributed by atoms with Crippen molar-refractivity contribution < 1.29 is 14.6 Å². The molecular weight excluding hydrogens is 458 g/mol. The number of anilines is 2. The molecular formula is C24H26ClN5O4. The lowest BCUT2D eigenvalue weighted by Crippen LogP contribution is -2.33. The number of carbonyl (C=O) groups is 1. The lowest BCUT2D eigenvalue weighted by Gasteiger charge is -2.24. The molecule has 1 aliphatic heterocycles. The Kier molecular flexibility index (Phi) is 5.49. The number of aryl methyl sites for hydroxylation is 1. The van der Waals surface area contributed by atoms with Gasteiger partial charge in [-0.05, 0) is 37.6 Å². The third-order valence-electron chi connectivity index (χ3n) is 6.90. The minimum Gasteiger partial charge on any atom is -0.476 e. The predicted molar refractivity (Wildman–Crippen MR) is 130 cm³/mol. The minimum absolute atomic E-state index is 0.103. The van der Waals surface area contributed by atoms with Crippen LogP contribution in [0.5, 0.6) is 0 Å². The number of nitrogens with zero attached hydrogens (tertiary/aromatic N) is 4. The zero-order chi connectivity index (χ0) is 24.3. The largest absolute Gasteiger partial charge is 0.476 e. The van der Waals surface area contributed by atoms with E-state index in [-0.39, 0.29) is 22.4 Å². The van der Waals surface area contributed by atoms with E-state index < -0.39 is 5.97 Å². The zero-order valence-corrected chi connectivity index (χ0v) is 20.1. The number of fused-ring (bicyclic) bond motifs is 2. The molecule has 0 radical (unpaired) electrons. The maximum atomic E-state index is 13.3. The summed E-state index contributed by atoms with van der Waals surface area (Å²) < 4.78 is 7.12. The molecule has 9 nitrogen and oxygen atoms in total. The highest BCUT2D eigenvalue weighted by Gasteiger charge is 2.57. The third kappa shape index (κ3) is 3.69. The van der Waals surface area contributed by atoms with E-state index in [2.05, 4.69) is 15.2 Å². The monoisotopic (exact) mass is 483 g/mol. The van der Waals surface area contributed by atoms with Crippen molar-refractivity contribution in [3.8, 4) is 0 Å². The van der Waals surface area contributed by atoms with E-state index >= 15 is 0 Å². The van der Waals surface area contributed by atoms with Gasteiger partial charge in [0.1, 0.15) is 5.15 Å². The Hall–Kier alpha value is -3.17. The Morgan fingerprint density at radius 2 is 1.97 bits per heavy atom. The first kappa shape index (κ1) is 22.6. The quantitative estimate of drug-likeness (QED) is 0.514. The van der Waals surface area contributed by atoms with Crippen molar-refractivity contribution >= 4 is 40.1 Å². The lowest BCUT2D eigenvalue weighted by atomic mass is 10.0. The number of hydrogen-bond donors (Lipinski definition) is 2. The van der Waals surface area contributed by atoms with Crippen LogP contribution in [0.25, 0.3) is 10.9 Å². The fraction of sp³-hybridized carbons (Fsp3) is 0.417. The van der Waals surface area contributed by atoms with Crippen LogP contribution in [0.15, 0.2) is 29.1 Å². The van der Waals surface area contributed by atoms with Crippen LogP contribution in [0, 0.1) is 18.8 Å². The number of piperidine rings is 1. The molecule has 2 unspecified atom stereocenters. The number of carboxylic acids is 1. The molecule has 34 heavy (non-hydrogen) atoms. The molecule has 2 aromatic heterocycles. The number of aromatic carboxylic acids is 1. The predicted octanol–water partition coefficient (Wildman–Crippen LogP) is 3.24. The summed E-state index contributed by atoms with van der Waals surface area (Å²) in [6.45, 7) is 5.45. The Labute approximate surface area is 201 Å². The van der Waals surface area contributed by atoms with E-state index in [4.69, 9.17) is 21.3 Å². The van der Waals surface area contributed by atoms with Crippen LogP contribution < -0.4 is 15.8 Å². The van der Waals surface area contributed by atoms with Crippen LogP contribution in [-0.4, -0.2) is 51.9 Å². The molecule has 1 aliphatic carbocycles. The summed E-state index contributed by atoms with van der Waals surface area (Å²) in [4.78, 5) is 36.0. The molecule has 0 bridgehead atoms. The fourth-order valence-electron chi connectivity index (χ4n) is 5.16. The number of rotatable bonds is 6. The van der Waals surface area contributed by atoms with Gasteiger partial charge in [0.2, 0.25) is 5.95 Å². The van der Waals surface area contributed by atoms with Gasteiger partial charge in [-0.25, -0.2) is 14.8 Å². The second kappa shape index (κ2) is 8.25. The smallest absolute Gasteiger partial charge is 0.356 e. The van der Waals surface area contributed by atoms with E-state index in [9.17, 15) is 14.7 Å². The summed E-state index contributed by atoms with van der Waals surface area (Å²) >= 11 is 5.90. The number of carboxylic acid groups (broad SMARTS) is 1. The molecule has 2 fully saturated rings. The first-order valence-corrected chi connectivity index (χ1v) is 11.5. The molecule has 2 aliphatic rings. The summed E-state index contributed by atoms with van der Waals surface area (Å²) in [7, 11) is 3.50. The maximum absolute atomic E-state index is 13.3. The van der Waals surface area contributed by atoms with Crippen molar-refractivity contribution in [2.75, 3.05) is 30.4 Å². The molecule has 5 rings (SSSR count). The molecule has 1 saturated carbocycles. The second-order valence-corrected chi connectivity index (χ2v) is 9.55. The number of nitrogens with one attached hydrogen (secondary N) is 1. The Bertz CT molecular complexity index is 1360. The van der Waals surface area contributed by atoms with Crippen LogP contribution >= 0.6 is 11.6 Å². The Morgan fingerprint density at radius 1 is 1.26 bits per heavy atom. The molecule has 3 heterocycles. The molecule has 3 aromatic rings. The summed E-state index contributed by atoms with van der Waals surface area (Å²) in [5, 5.41) is 13.4. The number of ether oxygens (including phenoxy) is 1. The van der Waals surface area contributed by atoms with Crippen molar-refractivity contribution in [1.82, 2.24) is 14.5 Å². The molecule has 4 atom stereocenters. The first-order chi connectivity index (χ1) is 16.2. The number of methoxy groups -OCH3 is 1. The number of halogens is 1. The van der Waals surface area contributed by atoms with Crippen molar-refractivity contribution in [1.29, 1.82) is 0 Å². The van der Waals surface area contributed by atoms with E-state index in [1.54, 1.807) is 24.8 Å². The van der Waals surface area contributed by atoms with Crippen LogP contribution in [0.4, 0.5) is 11.6 Å². The molecule has 1 saturated heterocycles. The van der Waals surface area contributed by atoms with Crippen molar-refractivity contribution in [2.45, 2.75) is 26.0 Å². The van der Waals surface area contributed by atoms with Gasteiger partial charge in [0.15, 0.2) is 5.69 Å². The summed E-state index contributed by atoms with van der Waals surface area (Å²) in [6, 6.07) is 6.60. The lowest BCUT2D eigenvalue weighted by molar-refractivity contribution is 0.0691. The summed E-state index contributed by atoms with van der Waals surface area (Å²) in [5.41, 5.74) is 2.39. The van der Waals surface area contributed by atoms with Crippen molar-refractivity contribution in [3.05, 3.63) is 56.6 Å². The summed E-state index contributed by atoms with van der Waals surface area (Å²) in [5.74, 6) is 0.406. The molecule has 1 aromatic carbocycles. The number of pyridine rings is 1. The molecule has 2 N–H and O–H groups in total. The SMILES string of the molecule is COC1[C@H]2CN(c3nc4c(C(C)Nc5ccc(Cl)nc5C(=O)O)cc(C)cc4c(=O)n3C)C[C@@H]12. The van der Waals surface area contributed by atoms with Crippen molar-refractivity contribution in [3.63, 3.8) is 0 Å². The normalized spacial score (nSPS) is 22.0.